The molecular formula is C57H34N4S. The Hall–Kier alpha value is -7.91. The second-order valence-electron chi connectivity index (χ2n) is 15.8. The van der Waals surface area contributed by atoms with E-state index in [9.17, 15) is 5.26 Å². The highest BCUT2D eigenvalue weighted by Gasteiger charge is 2.50. The number of nitrogens with zero attached hydrogens (tertiary/aromatic N) is 4. The van der Waals surface area contributed by atoms with Crippen molar-refractivity contribution in [2.45, 2.75) is 15.2 Å². The van der Waals surface area contributed by atoms with Gasteiger partial charge < -0.3 is 0 Å². The Morgan fingerprint density at radius 3 is 1.45 bits per heavy atom. The number of benzene rings is 9. The van der Waals surface area contributed by atoms with Crippen molar-refractivity contribution in [2.24, 2.45) is 0 Å². The molecule has 10 aromatic rings. The minimum atomic E-state index is -0.585. The van der Waals surface area contributed by atoms with Crippen LogP contribution >= 0.6 is 11.8 Å². The van der Waals surface area contributed by atoms with E-state index < -0.39 is 5.41 Å². The Bertz CT molecular complexity index is 3360. The molecule has 0 saturated carbocycles. The zero-order valence-electron chi connectivity index (χ0n) is 33.3. The molecule has 1 aliphatic heterocycles. The smallest absolute Gasteiger partial charge is 0.164 e. The first-order valence-corrected chi connectivity index (χ1v) is 21.6. The Morgan fingerprint density at radius 1 is 0.355 bits per heavy atom. The van der Waals surface area contributed by atoms with E-state index in [-0.39, 0.29) is 0 Å². The Morgan fingerprint density at radius 2 is 0.823 bits per heavy atom. The van der Waals surface area contributed by atoms with Gasteiger partial charge in [0.1, 0.15) is 0 Å². The van der Waals surface area contributed by atoms with Gasteiger partial charge in [0.25, 0.3) is 0 Å². The first-order valence-electron chi connectivity index (χ1n) is 20.7. The molecule has 0 N–H and O–H groups in total. The summed E-state index contributed by atoms with van der Waals surface area (Å²) < 4.78 is 0. The van der Waals surface area contributed by atoms with Crippen LogP contribution in [0.5, 0.6) is 0 Å². The average molecular weight is 807 g/mol. The molecule has 0 bridgehead atoms. The fourth-order valence-corrected chi connectivity index (χ4v) is 10.9. The van der Waals surface area contributed by atoms with Crippen molar-refractivity contribution >= 4 is 22.5 Å². The lowest BCUT2D eigenvalue weighted by Gasteiger charge is -2.40. The lowest BCUT2D eigenvalue weighted by atomic mass is 9.66. The fourth-order valence-electron chi connectivity index (χ4n) is 9.67. The van der Waals surface area contributed by atoms with Gasteiger partial charge in [-0.1, -0.05) is 182 Å². The summed E-state index contributed by atoms with van der Waals surface area (Å²) >= 11 is 1.85. The Labute approximate surface area is 363 Å². The third-order valence-electron chi connectivity index (χ3n) is 12.4. The summed E-state index contributed by atoms with van der Waals surface area (Å²) in [5.74, 6) is 1.90. The molecule has 0 unspecified atom stereocenters. The van der Waals surface area contributed by atoms with E-state index >= 15 is 0 Å². The van der Waals surface area contributed by atoms with E-state index in [1.807, 2.05) is 84.6 Å². The number of hydrogen-bond donors (Lipinski definition) is 0. The quantitative estimate of drug-likeness (QED) is 0.173. The van der Waals surface area contributed by atoms with Gasteiger partial charge in [0.05, 0.1) is 17.0 Å². The third kappa shape index (κ3) is 5.58. The molecule has 0 radical (unpaired) electrons. The van der Waals surface area contributed by atoms with Crippen LogP contribution in [0.3, 0.4) is 0 Å². The molecule has 2 aliphatic rings. The highest BCUT2D eigenvalue weighted by atomic mass is 32.2. The topological polar surface area (TPSA) is 62.5 Å². The number of nitriles is 1. The molecule has 62 heavy (non-hydrogen) atoms. The summed E-state index contributed by atoms with van der Waals surface area (Å²) in [6, 6.07) is 75.4. The summed E-state index contributed by atoms with van der Waals surface area (Å²) in [5.41, 5.74) is 14.9. The molecular weight excluding hydrogens is 773 g/mol. The highest BCUT2D eigenvalue weighted by molar-refractivity contribution is 7.99. The van der Waals surface area contributed by atoms with E-state index in [0.29, 0.717) is 23.0 Å². The largest absolute Gasteiger partial charge is 0.208 e. The van der Waals surface area contributed by atoms with Crippen molar-refractivity contribution in [3.8, 4) is 73.6 Å². The maximum absolute atomic E-state index is 10.0. The average Bonchev–Trinajstić information content (AvgIpc) is 3.63. The van der Waals surface area contributed by atoms with Crippen LogP contribution in [0.1, 0.15) is 27.8 Å². The summed E-state index contributed by atoms with van der Waals surface area (Å²) in [6.45, 7) is 0. The van der Waals surface area contributed by atoms with E-state index in [1.165, 1.54) is 43.2 Å². The number of rotatable bonds is 5. The predicted octanol–water partition coefficient (Wildman–Crippen LogP) is 14.1. The first kappa shape index (κ1) is 36.0. The van der Waals surface area contributed by atoms with Crippen molar-refractivity contribution in [1.29, 1.82) is 5.26 Å². The zero-order chi connectivity index (χ0) is 41.2. The third-order valence-corrected chi connectivity index (χ3v) is 13.6. The summed E-state index contributed by atoms with van der Waals surface area (Å²) in [7, 11) is 0. The van der Waals surface area contributed by atoms with Gasteiger partial charge in [0, 0.05) is 31.9 Å². The van der Waals surface area contributed by atoms with E-state index in [2.05, 4.69) is 140 Å². The molecule has 0 fully saturated rings. The molecule has 1 aliphatic carbocycles. The molecule has 0 saturated heterocycles. The zero-order valence-corrected chi connectivity index (χ0v) is 34.1. The molecule has 1 aromatic heterocycles. The lowest BCUT2D eigenvalue weighted by Crippen LogP contribution is -2.32. The van der Waals surface area contributed by atoms with Gasteiger partial charge in [-0.05, 0) is 97.4 Å². The molecule has 5 heteroatoms. The Balaban J connectivity index is 1.06. The lowest BCUT2D eigenvalue weighted by molar-refractivity contribution is 0.723. The maximum atomic E-state index is 10.0. The molecule has 9 aromatic carbocycles. The van der Waals surface area contributed by atoms with Crippen molar-refractivity contribution in [2.75, 3.05) is 0 Å². The van der Waals surface area contributed by atoms with Gasteiger partial charge in [-0.3, -0.25) is 0 Å². The van der Waals surface area contributed by atoms with E-state index in [1.54, 1.807) is 0 Å². The van der Waals surface area contributed by atoms with Gasteiger partial charge >= 0.3 is 0 Å². The summed E-state index contributed by atoms with van der Waals surface area (Å²) in [4.78, 5) is 17.6. The second-order valence-corrected chi connectivity index (χ2v) is 16.9. The standard InChI is InChI=1S/C57H34N4S/c58-35-42-28-29-44(45-21-8-7-20-43(42)45)40-27-31-47-46-30-26-39(33-50(46)57(51(47)34-40)48-22-9-11-24-52(48)62-53-25-12-10-23-49(53)57)38-18-13-19-41(32-38)56-60-54(36-14-3-1-4-15-36)59-55(61-56)37-16-5-2-6-17-37/h1-34H. The second kappa shape index (κ2) is 14.4. The molecule has 12 rings (SSSR count). The molecule has 4 nitrogen and oxygen atoms in total. The van der Waals surface area contributed by atoms with Gasteiger partial charge in [-0.15, -0.1) is 0 Å². The summed E-state index contributed by atoms with van der Waals surface area (Å²) in [6.07, 6.45) is 0. The van der Waals surface area contributed by atoms with Crippen molar-refractivity contribution < 1.29 is 0 Å². The van der Waals surface area contributed by atoms with Crippen LogP contribution in [0.2, 0.25) is 0 Å². The van der Waals surface area contributed by atoms with Crippen molar-refractivity contribution in [3.05, 3.63) is 234 Å². The Kier molecular flexibility index (Phi) is 8.35. The predicted molar refractivity (Wildman–Crippen MR) is 251 cm³/mol. The highest BCUT2D eigenvalue weighted by Crippen LogP contribution is 2.63. The minimum Gasteiger partial charge on any atom is -0.208 e. The molecule has 0 amide bonds. The number of hydrogen-bond acceptors (Lipinski definition) is 5. The van der Waals surface area contributed by atoms with Crippen LogP contribution in [-0.2, 0) is 5.41 Å². The maximum Gasteiger partial charge on any atom is 0.164 e. The van der Waals surface area contributed by atoms with Crippen LogP contribution in [0, 0.1) is 11.3 Å². The fraction of sp³-hybridized carbons (Fsp3) is 0.0175. The number of aromatic nitrogens is 3. The number of fused-ring (bicyclic) bond motifs is 10. The molecule has 1 spiro atoms. The van der Waals surface area contributed by atoms with Crippen LogP contribution in [0.15, 0.2) is 216 Å². The van der Waals surface area contributed by atoms with Crippen molar-refractivity contribution in [3.63, 3.8) is 0 Å². The van der Waals surface area contributed by atoms with Crippen LogP contribution in [0.25, 0.3) is 78.3 Å². The van der Waals surface area contributed by atoms with Gasteiger partial charge in [0.15, 0.2) is 17.5 Å². The normalized spacial score (nSPS) is 12.9. The van der Waals surface area contributed by atoms with Crippen LogP contribution in [0.4, 0.5) is 0 Å². The molecule has 2 heterocycles. The SMILES string of the molecule is N#Cc1ccc(-c2ccc3c(c2)C2(c4ccccc4Sc4ccccc42)c2cc(-c4cccc(-c5nc(-c6ccccc6)nc(-c6ccccc6)n5)c4)ccc2-3)c2ccccc12. The van der Waals surface area contributed by atoms with E-state index in [4.69, 9.17) is 15.0 Å². The monoisotopic (exact) mass is 806 g/mol. The van der Waals surface area contributed by atoms with Crippen LogP contribution in [-0.4, -0.2) is 15.0 Å². The van der Waals surface area contributed by atoms with Gasteiger partial charge in [0.2, 0.25) is 0 Å². The van der Waals surface area contributed by atoms with Gasteiger partial charge in [-0.2, -0.15) is 5.26 Å². The van der Waals surface area contributed by atoms with Gasteiger partial charge in [-0.25, -0.2) is 15.0 Å². The molecule has 288 valence electrons. The van der Waals surface area contributed by atoms with Crippen LogP contribution < -0.4 is 0 Å². The molecule has 0 atom stereocenters. The first-order chi connectivity index (χ1) is 30.7. The minimum absolute atomic E-state index is 0.585. The van der Waals surface area contributed by atoms with E-state index in [0.717, 1.165) is 49.7 Å². The summed E-state index contributed by atoms with van der Waals surface area (Å²) in [5, 5.41) is 12.0. The van der Waals surface area contributed by atoms with Crippen molar-refractivity contribution in [1.82, 2.24) is 15.0 Å².